The highest BCUT2D eigenvalue weighted by atomic mass is 32.2. The topological polar surface area (TPSA) is 23.6 Å². The van der Waals surface area contributed by atoms with Crippen molar-refractivity contribution in [2.75, 3.05) is 24.5 Å². The third-order valence-corrected chi connectivity index (χ3v) is 5.28. The lowest BCUT2D eigenvalue weighted by Crippen LogP contribution is -2.27. The molecule has 23 heavy (non-hydrogen) atoms. The van der Waals surface area contributed by atoms with Crippen LogP contribution in [-0.2, 0) is 4.79 Å². The summed E-state index contributed by atoms with van der Waals surface area (Å²) in [5, 5.41) is 0. The van der Waals surface area contributed by atoms with Gasteiger partial charge in [-0.3, -0.25) is 9.69 Å². The van der Waals surface area contributed by atoms with Gasteiger partial charge in [0.15, 0.2) is 0 Å². The van der Waals surface area contributed by atoms with Crippen LogP contribution in [0.2, 0.25) is 0 Å². The monoisotopic (exact) mass is 348 g/mol. The van der Waals surface area contributed by atoms with Gasteiger partial charge in [-0.15, -0.1) is 6.58 Å². The second-order valence-electron chi connectivity index (χ2n) is 5.49. The van der Waals surface area contributed by atoms with Crippen molar-refractivity contribution in [3.8, 4) is 0 Å². The van der Waals surface area contributed by atoms with Gasteiger partial charge < -0.3 is 4.90 Å². The molecule has 0 bridgehead atoms. The second kappa shape index (κ2) is 6.84. The van der Waals surface area contributed by atoms with E-state index >= 15 is 0 Å². The van der Waals surface area contributed by atoms with Crippen LogP contribution in [0.15, 0.2) is 35.8 Å². The minimum absolute atomic E-state index is 0.149. The van der Waals surface area contributed by atoms with Gasteiger partial charge in [-0.25, -0.2) is 4.39 Å². The van der Waals surface area contributed by atoms with Gasteiger partial charge in [0.1, 0.15) is 10.1 Å². The van der Waals surface area contributed by atoms with E-state index in [-0.39, 0.29) is 11.7 Å². The number of carbonyl (C=O) groups is 1. The summed E-state index contributed by atoms with van der Waals surface area (Å²) < 4.78 is 14.8. The third-order valence-electron chi connectivity index (χ3n) is 3.90. The van der Waals surface area contributed by atoms with Crippen molar-refractivity contribution < 1.29 is 9.18 Å². The first-order valence-electron chi connectivity index (χ1n) is 7.51. The number of thiocarbonyl (C=S) groups is 1. The van der Waals surface area contributed by atoms with Crippen LogP contribution < -0.4 is 4.90 Å². The first kappa shape index (κ1) is 16.2. The fourth-order valence-electron chi connectivity index (χ4n) is 2.77. The molecule has 0 aromatic heterocycles. The van der Waals surface area contributed by atoms with E-state index in [1.807, 2.05) is 6.07 Å². The van der Waals surface area contributed by atoms with Crippen molar-refractivity contribution in [1.29, 1.82) is 0 Å². The fourth-order valence-corrected chi connectivity index (χ4v) is 4.04. The smallest absolute Gasteiger partial charge is 0.266 e. The van der Waals surface area contributed by atoms with Crippen molar-refractivity contribution in [3.63, 3.8) is 0 Å². The maximum atomic E-state index is 14.3. The molecule has 2 aliphatic heterocycles. The minimum Gasteiger partial charge on any atom is -0.369 e. The molecule has 2 fully saturated rings. The van der Waals surface area contributed by atoms with Gasteiger partial charge >= 0.3 is 0 Å². The number of hydrogen-bond donors (Lipinski definition) is 0. The molecular formula is C17H17FN2OS2. The summed E-state index contributed by atoms with van der Waals surface area (Å²) in [6, 6.07) is 5.11. The summed E-state index contributed by atoms with van der Waals surface area (Å²) >= 11 is 6.43. The van der Waals surface area contributed by atoms with Crippen molar-refractivity contribution in [2.45, 2.75) is 12.8 Å². The molecule has 6 heteroatoms. The molecule has 2 aliphatic rings. The zero-order chi connectivity index (χ0) is 16.4. The maximum absolute atomic E-state index is 14.3. The average molecular weight is 348 g/mol. The molecular weight excluding hydrogens is 331 g/mol. The number of amides is 1. The number of halogens is 1. The summed E-state index contributed by atoms with van der Waals surface area (Å²) in [7, 11) is 0. The van der Waals surface area contributed by atoms with Gasteiger partial charge in [0, 0.05) is 19.6 Å². The Morgan fingerprint density at radius 3 is 2.74 bits per heavy atom. The van der Waals surface area contributed by atoms with Gasteiger partial charge in [0.25, 0.3) is 5.91 Å². The van der Waals surface area contributed by atoms with Gasteiger partial charge in [0.05, 0.1) is 10.6 Å². The Morgan fingerprint density at radius 2 is 2.09 bits per heavy atom. The number of rotatable bonds is 4. The molecule has 1 aromatic rings. The van der Waals surface area contributed by atoms with E-state index in [9.17, 15) is 9.18 Å². The molecule has 3 nitrogen and oxygen atoms in total. The molecule has 120 valence electrons. The number of nitrogens with zero attached hydrogens (tertiary/aromatic N) is 2. The highest BCUT2D eigenvalue weighted by Gasteiger charge is 2.31. The van der Waals surface area contributed by atoms with Crippen LogP contribution in [-0.4, -0.2) is 34.8 Å². The molecule has 0 saturated carbocycles. The summed E-state index contributed by atoms with van der Waals surface area (Å²) in [4.78, 5) is 16.3. The van der Waals surface area contributed by atoms with Crippen LogP contribution in [0.1, 0.15) is 18.4 Å². The number of benzene rings is 1. The van der Waals surface area contributed by atoms with Crippen molar-refractivity contribution in [3.05, 3.63) is 47.1 Å². The summed E-state index contributed by atoms with van der Waals surface area (Å²) in [6.07, 6.45) is 5.54. The first-order valence-corrected chi connectivity index (χ1v) is 8.73. The Balaban J connectivity index is 1.82. The zero-order valence-electron chi connectivity index (χ0n) is 12.6. The van der Waals surface area contributed by atoms with E-state index in [0.29, 0.717) is 27.0 Å². The predicted octanol–water partition coefficient (Wildman–Crippen LogP) is 3.81. The molecule has 0 unspecified atom stereocenters. The van der Waals surface area contributed by atoms with Crippen LogP contribution in [0, 0.1) is 5.82 Å². The highest BCUT2D eigenvalue weighted by Crippen LogP contribution is 2.33. The lowest BCUT2D eigenvalue weighted by Gasteiger charge is -2.18. The Hall–Kier alpha value is -1.66. The summed E-state index contributed by atoms with van der Waals surface area (Å²) in [6.45, 7) is 5.82. The fraction of sp³-hybridized carbons (Fsp3) is 0.294. The van der Waals surface area contributed by atoms with E-state index < -0.39 is 0 Å². The second-order valence-corrected chi connectivity index (χ2v) is 7.16. The van der Waals surface area contributed by atoms with Gasteiger partial charge in [0.2, 0.25) is 0 Å². The van der Waals surface area contributed by atoms with Crippen molar-refractivity contribution in [1.82, 2.24) is 4.90 Å². The standard InChI is InChI=1S/C17H17FN2OS2/c1-2-7-20-16(21)15(23-17(20)22)11-12-5-6-14(13(18)10-12)19-8-3-4-9-19/h2,5-6,10-11H,1,3-4,7-9H2. The molecule has 3 rings (SSSR count). The number of thioether (sulfide) groups is 1. The normalized spacial score (nSPS) is 20.0. The molecule has 1 amide bonds. The van der Waals surface area contributed by atoms with Crippen LogP contribution in [0.4, 0.5) is 10.1 Å². The number of anilines is 1. The van der Waals surface area contributed by atoms with Crippen LogP contribution in [0.25, 0.3) is 6.08 Å². The number of hydrogen-bond acceptors (Lipinski definition) is 4. The molecule has 0 atom stereocenters. The van der Waals surface area contributed by atoms with E-state index in [0.717, 1.165) is 25.9 Å². The predicted molar refractivity (Wildman–Crippen MR) is 97.9 cm³/mol. The Labute approximate surface area is 144 Å². The van der Waals surface area contributed by atoms with Crippen LogP contribution in [0.5, 0.6) is 0 Å². The molecule has 2 heterocycles. The van der Waals surface area contributed by atoms with Crippen molar-refractivity contribution >= 4 is 46.0 Å². The molecule has 0 radical (unpaired) electrons. The van der Waals surface area contributed by atoms with E-state index in [4.69, 9.17) is 12.2 Å². The zero-order valence-corrected chi connectivity index (χ0v) is 14.3. The Kier molecular flexibility index (Phi) is 4.82. The Morgan fingerprint density at radius 1 is 1.35 bits per heavy atom. The maximum Gasteiger partial charge on any atom is 0.266 e. The van der Waals surface area contributed by atoms with Gasteiger partial charge in [-0.1, -0.05) is 36.1 Å². The molecule has 1 aromatic carbocycles. The largest absolute Gasteiger partial charge is 0.369 e. The van der Waals surface area contributed by atoms with E-state index in [2.05, 4.69) is 11.5 Å². The quantitative estimate of drug-likeness (QED) is 0.469. The molecule has 2 saturated heterocycles. The summed E-state index contributed by atoms with van der Waals surface area (Å²) in [5.74, 6) is -0.397. The lowest BCUT2D eigenvalue weighted by atomic mass is 10.1. The first-order chi connectivity index (χ1) is 11.1. The van der Waals surface area contributed by atoms with Crippen LogP contribution >= 0.6 is 24.0 Å². The minimum atomic E-state index is -0.248. The molecule has 0 spiro atoms. The molecule has 0 aliphatic carbocycles. The highest BCUT2D eigenvalue weighted by molar-refractivity contribution is 8.26. The summed E-state index contributed by atoms with van der Waals surface area (Å²) in [5.41, 5.74) is 1.31. The average Bonchev–Trinajstić information content (AvgIpc) is 3.13. The van der Waals surface area contributed by atoms with E-state index in [1.54, 1.807) is 18.2 Å². The van der Waals surface area contributed by atoms with Crippen molar-refractivity contribution in [2.24, 2.45) is 0 Å². The van der Waals surface area contributed by atoms with Gasteiger partial charge in [-0.05, 0) is 36.6 Å². The van der Waals surface area contributed by atoms with Gasteiger partial charge in [-0.2, -0.15) is 0 Å². The lowest BCUT2D eigenvalue weighted by molar-refractivity contribution is -0.121. The Bertz CT molecular complexity index is 696. The number of carbonyl (C=O) groups excluding carboxylic acids is 1. The SMILES string of the molecule is C=CCN1C(=O)C(=Cc2ccc(N3CCCC3)c(F)c2)SC1=S. The van der Waals surface area contributed by atoms with E-state index in [1.165, 1.54) is 22.7 Å². The molecule has 0 N–H and O–H groups in total. The third kappa shape index (κ3) is 3.33. The van der Waals surface area contributed by atoms with Crippen LogP contribution in [0.3, 0.4) is 0 Å².